The summed E-state index contributed by atoms with van der Waals surface area (Å²) in [6.07, 6.45) is -1.58. The highest BCUT2D eigenvalue weighted by molar-refractivity contribution is 6.29. The molecule has 0 unspecified atom stereocenters. The van der Waals surface area contributed by atoms with Gasteiger partial charge in [-0.25, -0.2) is 4.98 Å². The smallest absolute Gasteiger partial charge is 0.251 e. The minimum atomic E-state index is -4.33. The van der Waals surface area contributed by atoms with Gasteiger partial charge in [0, 0.05) is 5.56 Å². The van der Waals surface area contributed by atoms with E-state index in [4.69, 9.17) is 11.6 Å². The third-order valence-corrected chi connectivity index (χ3v) is 2.32. The third-order valence-electron chi connectivity index (χ3n) is 2.13. The molecule has 0 bridgehead atoms. The van der Waals surface area contributed by atoms with Crippen molar-refractivity contribution in [2.75, 3.05) is 0 Å². The molecule has 2 aromatic rings. The van der Waals surface area contributed by atoms with Crippen LogP contribution < -0.4 is 0 Å². The van der Waals surface area contributed by atoms with E-state index in [2.05, 4.69) is 9.97 Å². The average Bonchev–Trinajstić information content (AvgIpc) is 2.29. The second-order valence-electron chi connectivity index (χ2n) is 3.30. The van der Waals surface area contributed by atoms with Crippen LogP contribution in [0.15, 0.2) is 36.7 Å². The molecular weight excluding hydrogens is 253 g/mol. The van der Waals surface area contributed by atoms with Crippen LogP contribution in [0.5, 0.6) is 0 Å². The highest BCUT2D eigenvalue weighted by atomic mass is 35.5. The molecule has 0 spiro atoms. The van der Waals surface area contributed by atoms with Gasteiger partial charge in [-0.2, -0.15) is 13.2 Å². The maximum Gasteiger partial charge on any atom is 0.416 e. The summed E-state index contributed by atoms with van der Waals surface area (Å²) in [5.74, 6) is 0. The number of rotatable bonds is 1. The molecular formula is C11H6ClF3N2. The van der Waals surface area contributed by atoms with Crippen LogP contribution in [0.3, 0.4) is 0 Å². The van der Waals surface area contributed by atoms with Crippen molar-refractivity contribution < 1.29 is 13.2 Å². The van der Waals surface area contributed by atoms with Gasteiger partial charge in [-0.05, 0) is 12.1 Å². The summed E-state index contributed by atoms with van der Waals surface area (Å²) in [7, 11) is 0. The highest BCUT2D eigenvalue weighted by Crippen LogP contribution is 2.30. The minimum absolute atomic E-state index is 0.237. The maximum atomic E-state index is 12.3. The van der Waals surface area contributed by atoms with E-state index in [1.165, 1.54) is 24.5 Å². The molecule has 0 radical (unpaired) electrons. The summed E-state index contributed by atoms with van der Waals surface area (Å²) in [6.45, 7) is 0. The van der Waals surface area contributed by atoms with Crippen LogP contribution in [0.25, 0.3) is 11.3 Å². The van der Waals surface area contributed by atoms with E-state index >= 15 is 0 Å². The molecule has 0 saturated carbocycles. The first-order valence-corrected chi connectivity index (χ1v) is 5.00. The van der Waals surface area contributed by atoms with Gasteiger partial charge in [0.25, 0.3) is 0 Å². The average molecular weight is 259 g/mol. The second-order valence-corrected chi connectivity index (χ2v) is 3.69. The van der Waals surface area contributed by atoms with Gasteiger partial charge < -0.3 is 0 Å². The molecule has 17 heavy (non-hydrogen) atoms. The Bertz CT molecular complexity index is 506. The van der Waals surface area contributed by atoms with Crippen molar-refractivity contribution in [3.8, 4) is 11.3 Å². The molecule has 1 aromatic carbocycles. The zero-order chi connectivity index (χ0) is 12.5. The number of aromatic nitrogens is 2. The normalized spacial score (nSPS) is 11.5. The van der Waals surface area contributed by atoms with Crippen LogP contribution >= 0.6 is 11.6 Å². The number of nitrogens with zero attached hydrogens (tertiary/aromatic N) is 2. The Morgan fingerprint density at radius 3 is 2.06 bits per heavy atom. The van der Waals surface area contributed by atoms with Crippen LogP contribution in [0.2, 0.25) is 5.15 Å². The van der Waals surface area contributed by atoms with Gasteiger partial charge in [-0.3, -0.25) is 4.98 Å². The van der Waals surface area contributed by atoms with E-state index < -0.39 is 11.7 Å². The predicted octanol–water partition coefficient (Wildman–Crippen LogP) is 3.82. The number of hydrogen-bond donors (Lipinski definition) is 0. The molecule has 0 saturated heterocycles. The monoisotopic (exact) mass is 258 g/mol. The minimum Gasteiger partial charge on any atom is -0.251 e. The Morgan fingerprint density at radius 1 is 0.941 bits per heavy atom. The summed E-state index contributed by atoms with van der Waals surface area (Å²) < 4.78 is 37.0. The predicted molar refractivity (Wildman–Crippen MR) is 57.5 cm³/mol. The fourth-order valence-electron chi connectivity index (χ4n) is 1.29. The molecule has 2 nitrogen and oxygen atoms in total. The Kier molecular flexibility index (Phi) is 3.02. The van der Waals surface area contributed by atoms with Crippen molar-refractivity contribution in [2.24, 2.45) is 0 Å². The Morgan fingerprint density at radius 2 is 1.59 bits per heavy atom. The number of alkyl halides is 3. The molecule has 0 N–H and O–H groups in total. The second kappa shape index (κ2) is 4.33. The molecule has 2 rings (SSSR count). The van der Waals surface area contributed by atoms with Crippen molar-refractivity contribution in [3.63, 3.8) is 0 Å². The summed E-state index contributed by atoms with van der Waals surface area (Å²) >= 11 is 5.56. The Labute approximate surface area is 100 Å². The van der Waals surface area contributed by atoms with Crippen molar-refractivity contribution in [1.82, 2.24) is 9.97 Å². The first kappa shape index (κ1) is 11.9. The lowest BCUT2D eigenvalue weighted by Crippen LogP contribution is -2.04. The largest absolute Gasteiger partial charge is 0.416 e. The van der Waals surface area contributed by atoms with Gasteiger partial charge in [0.15, 0.2) is 0 Å². The molecule has 6 heteroatoms. The fourth-order valence-corrected chi connectivity index (χ4v) is 1.39. The lowest BCUT2D eigenvalue weighted by atomic mass is 10.1. The lowest BCUT2D eigenvalue weighted by Gasteiger charge is -2.07. The van der Waals surface area contributed by atoms with Crippen LogP contribution in [0.1, 0.15) is 5.56 Å². The summed E-state index contributed by atoms with van der Waals surface area (Å²) in [5.41, 5.74) is 0.341. The molecule has 0 aliphatic heterocycles. The number of benzene rings is 1. The van der Waals surface area contributed by atoms with Gasteiger partial charge in [-0.15, -0.1) is 0 Å². The van der Waals surface area contributed by atoms with Crippen molar-refractivity contribution in [2.45, 2.75) is 6.18 Å². The van der Waals surface area contributed by atoms with Crippen molar-refractivity contribution >= 4 is 11.6 Å². The molecule has 0 aliphatic rings. The zero-order valence-electron chi connectivity index (χ0n) is 8.37. The van der Waals surface area contributed by atoms with E-state index in [0.717, 1.165) is 12.1 Å². The van der Waals surface area contributed by atoms with Crippen molar-refractivity contribution in [3.05, 3.63) is 47.4 Å². The van der Waals surface area contributed by atoms with Gasteiger partial charge in [-0.1, -0.05) is 23.7 Å². The van der Waals surface area contributed by atoms with E-state index in [0.29, 0.717) is 11.3 Å². The van der Waals surface area contributed by atoms with Gasteiger partial charge >= 0.3 is 6.18 Å². The van der Waals surface area contributed by atoms with Gasteiger partial charge in [0.1, 0.15) is 5.15 Å². The number of hydrogen-bond acceptors (Lipinski definition) is 2. The lowest BCUT2D eigenvalue weighted by molar-refractivity contribution is -0.137. The van der Waals surface area contributed by atoms with Gasteiger partial charge in [0.05, 0.1) is 23.7 Å². The molecule has 1 heterocycles. The van der Waals surface area contributed by atoms with E-state index in [-0.39, 0.29) is 5.15 Å². The summed E-state index contributed by atoms with van der Waals surface area (Å²) in [4.78, 5) is 7.77. The third kappa shape index (κ3) is 2.74. The molecule has 1 aromatic heterocycles. The first-order chi connectivity index (χ1) is 7.97. The SMILES string of the molecule is FC(F)(F)c1ccc(-c2cnc(Cl)cn2)cc1. The maximum absolute atomic E-state index is 12.3. The Balaban J connectivity index is 2.33. The van der Waals surface area contributed by atoms with Crippen LogP contribution in [-0.2, 0) is 6.18 Å². The van der Waals surface area contributed by atoms with Crippen LogP contribution in [-0.4, -0.2) is 9.97 Å². The quantitative estimate of drug-likeness (QED) is 0.777. The summed E-state index contributed by atoms with van der Waals surface area (Å²) in [5, 5.41) is 0.237. The molecule has 0 atom stereocenters. The fraction of sp³-hybridized carbons (Fsp3) is 0.0909. The Hall–Kier alpha value is -1.62. The van der Waals surface area contributed by atoms with E-state index in [1.54, 1.807) is 0 Å². The number of halogens is 4. The highest BCUT2D eigenvalue weighted by Gasteiger charge is 2.29. The van der Waals surface area contributed by atoms with Crippen molar-refractivity contribution in [1.29, 1.82) is 0 Å². The van der Waals surface area contributed by atoms with E-state index in [9.17, 15) is 13.2 Å². The molecule has 88 valence electrons. The van der Waals surface area contributed by atoms with Crippen LogP contribution in [0, 0.1) is 0 Å². The molecule has 0 fully saturated rings. The topological polar surface area (TPSA) is 25.8 Å². The summed E-state index contributed by atoms with van der Waals surface area (Å²) in [6, 6.07) is 4.71. The molecule has 0 amide bonds. The van der Waals surface area contributed by atoms with E-state index in [1.807, 2.05) is 0 Å². The zero-order valence-corrected chi connectivity index (χ0v) is 9.13. The molecule has 0 aliphatic carbocycles. The van der Waals surface area contributed by atoms with Gasteiger partial charge in [0.2, 0.25) is 0 Å². The van der Waals surface area contributed by atoms with Crippen LogP contribution in [0.4, 0.5) is 13.2 Å². The first-order valence-electron chi connectivity index (χ1n) is 4.62. The standard InChI is InChI=1S/C11H6ClF3N2/c12-10-6-16-9(5-17-10)7-1-3-8(4-2-7)11(13,14)15/h1-6H.